The van der Waals surface area contributed by atoms with Gasteiger partial charge in [0, 0.05) is 26.3 Å². The van der Waals surface area contributed by atoms with E-state index < -0.39 is 0 Å². The minimum absolute atomic E-state index is 0.214. The summed E-state index contributed by atoms with van der Waals surface area (Å²) in [6.07, 6.45) is 2.59. The van der Waals surface area contributed by atoms with Gasteiger partial charge in [0.2, 0.25) is 0 Å². The summed E-state index contributed by atoms with van der Waals surface area (Å²) in [7, 11) is 1.66. The number of fused-ring (bicyclic) bond motifs is 1. The maximum absolute atomic E-state index is 7.39. The third kappa shape index (κ3) is 3.42. The summed E-state index contributed by atoms with van der Waals surface area (Å²) in [6.45, 7) is 11.0. The monoisotopic (exact) mass is 374 g/mol. The van der Waals surface area contributed by atoms with Crippen molar-refractivity contribution in [2.45, 2.75) is 19.9 Å². The Balaban J connectivity index is 1.75. The lowest BCUT2D eigenvalue weighted by Crippen LogP contribution is -2.10. The van der Waals surface area contributed by atoms with Crippen molar-refractivity contribution < 1.29 is 4.74 Å². The number of anilines is 2. The molecule has 0 fully saturated rings. The quantitative estimate of drug-likeness (QED) is 0.616. The molecule has 0 aliphatic heterocycles. The van der Waals surface area contributed by atoms with Gasteiger partial charge in [0.05, 0.1) is 31.1 Å². The van der Waals surface area contributed by atoms with Crippen LogP contribution in [0.5, 0.6) is 0 Å². The van der Waals surface area contributed by atoms with Gasteiger partial charge in [0.15, 0.2) is 5.65 Å². The van der Waals surface area contributed by atoms with Crippen LogP contribution in [0.15, 0.2) is 12.3 Å². The summed E-state index contributed by atoms with van der Waals surface area (Å²) in [5, 5.41) is 12.3. The number of nitrogens with zero attached hydrogens (tertiary/aromatic N) is 6. The molecule has 136 valence electrons. The fourth-order valence-corrected chi connectivity index (χ4v) is 2.69. The van der Waals surface area contributed by atoms with Crippen molar-refractivity contribution in [2.24, 2.45) is 0 Å². The fourth-order valence-electron chi connectivity index (χ4n) is 2.53. The van der Waals surface area contributed by atoms with Crippen molar-refractivity contribution in [1.82, 2.24) is 24.4 Å². The summed E-state index contributed by atoms with van der Waals surface area (Å²) in [5.41, 5.74) is 8.27. The van der Waals surface area contributed by atoms with Gasteiger partial charge in [0.1, 0.15) is 16.7 Å². The number of hydrogen-bond donors (Lipinski definition) is 2. The van der Waals surface area contributed by atoms with Gasteiger partial charge in [-0.15, -0.1) is 0 Å². The van der Waals surface area contributed by atoms with Crippen molar-refractivity contribution in [3.05, 3.63) is 40.1 Å². The lowest BCUT2D eigenvalue weighted by Gasteiger charge is -2.10. The van der Waals surface area contributed by atoms with Gasteiger partial charge in [0.25, 0.3) is 5.69 Å². The number of halogens is 1. The van der Waals surface area contributed by atoms with Gasteiger partial charge in [-0.2, -0.15) is 10.2 Å². The third-order valence-electron chi connectivity index (χ3n) is 3.88. The van der Waals surface area contributed by atoms with E-state index in [9.17, 15) is 0 Å². The van der Waals surface area contributed by atoms with Gasteiger partial charge in [-0.05, 0) is 13.0 Å². The second-order valence-corrected chi connectivity index (χ2v) is 6.06. The van der Waals surface area contributed by atoms with Gasteiger partial charge in [-0.1, -0.05) is 11.6 Å². The molecule has 0 aliphatic rings. The molecule has 3 aromatic rings. The van der Waals surface area contributed by atoms with E-state index in [2.05, 4.69) is 25.3 Å². The molecule has 0 amide bonds. The van der Waals surface area contributed by atoms with Gasteiger partial charge in [-0.3, -0.25) is 4.68 Å². The molecule has 0 bridgehead atoms. The van der Waals surface area contributed by atoms with Crippen LogP contribution in [0.25, 0.3) is 10.5 Å². The first kappa shape index (κ1) is 18.0. The summed E-state index contributed by atoms with van der Waals surface area (Å²) in [4.78, 5) is 7.91. The average Bonchev–Trinajstić information content (AvgIpc) is 3.19. The number of nitrogens with two attached hydrogens (primary N) is 1. The van der Waals surface area contributed by atoms with E-state index in [1.54, 1.807) is 14.0 Å². The highest BCUT2D eigenvalue weighted by atomic mass is 35.5. The van der Waals surface area contributed by atoms with Crippen LogP contribution < -0.4 is 11.1 Å². The van der Waals surface area contributed by atoms with Crippen LogP contribution in [0.4, 0.5) is 17.3 Å². The van der Waals surface area contributed by atoms with E-state index in [0.29, 0.717) is 48.3 Å². The van der Waals surface area contributed by atoms with Gasteiger partial charge < -0.3 is 15.8 Å². The Hall–Kier alpha value is -2.83. The molecule has 10 heteroatoms. The second-order valence-electron chi connectivity index (χ2n) is 5.68. The highest BCUT2D eigenvalue weighted by Gasteiger charge is 2.18. The molecule has 3 rings (SSSR count). The maximum atomic E-state index is 7.39. The zero-order valence-corrected chi connectivity index (χ0v) is 15.3. The van der Waals surface area contributed by atoms with E-state index >= 15 is 0 Å². The first-order valence-electron chi connectivity index (χ1n) is 8.02. The van der Waals surface area contributed by atoms with E-state index in [-0.39, 0.29) is 11.5 Å². The zero-order valence-electron chi connectivity index (χ0n) is 14.5. The molecule has 0 radical (unpaired) electrons. The number of nitrogens with one attached hydrogen (secondary N) is 1. The minimum Gasteiger partial charge on any atom is -0.392 e. The number of nitrogen functional groups attached to an aromatic ring is 1. The molecule has 0 atom stereocenters. The lowest BCUT2D eigenvalue weighted by molar-refractivity contribution is 0.183. The number of aromatic nitrogens is 5. The minimum atomic E-state index is 0.214. The van der Waals surface area contributed by atoms with Gasteiger partial charge in [-0.25, -0.2) is 14.3 Å². The standard InChI is InChI=1S/C16H19ClN8O/c1-10-12(17)16-21-15(13(19-2)14(18)25(16)22-10)20-6-4-11-5-7-24(23-11)8-9-26-3/h5,7H,4,6,8-9,18H2,1,3H3,(H,20,21). The summed E-state index contributed by atoms with van der Waals surface area (Å²) >= 11 is 6.23. The molecule has 0 saturated heterocycles. The molecule has 9 nitrogen and oxygen atoms in total. The third-order valence-corrected chi connectivity index (χ3v) is 4.33. The SMILES string of the molecule is [C-]#[N+]c1c(NCCc2ccn(CCOC)n2)nc2c(Cl)c(C)nn2c1N. The van der Waals surface area contributed by atoms with Crippen molar-refractivity contribution in [3.63, 3.8) is 0 Å². The van der Waals surface area contributed by atoms with E-state index in [1.807, 2.05) is 16.9 Å². The normalized spacial score (nSPS) is 11.0. The van der Waals surface area contributed by atoms with Crippen LogP contribution in [0, 0.1) is 13.5 Å². The molecule has 0 saturated carbocycles. The van der Waals surface area contributed by atoms with E-state index in [4.69, 9.17) is 28.6 Å². The number of ether oxygens (including phenoxy) is 1. The molecule has 3 aromatic heterocycles. The van der Waals surface area contributed by atoms with E-state index in [0.717, 1.165) is 5.69 Å². The highest BCUT2D eigenvalue weighted by molar-refractivity contribution is 6.34. The lowest BCUT2D eigenvalue weighted by atomic mass is 10.3. The summed E-state index contributed by atoms with van der Waals surface area (Å²) in [5.74, 6) is 0.608. The number of aryl methyl sites for hydroxylation is 1. The molecule has 0 aromatic carbocycles. The fraction of sp³-hybridized carbons (Fsp3) is 0.375. The Morgan fingerprint density at radius 2 is 2.23 bits per heavy atom. The Morgan fingerprint density at radius 3 is 2.96 bits per heavy atom. The number of hydrogen-bond acceptors (Lipinski definition) is 6. The van der Waals surface area contributed by atoms with Crippen LogP contribution in [0.1, 0.15) is 11.4 Å². The molecule has 3 heterocycles. The zero-order chi connectivity index (χ0) is 18.7. The molecular formula is C16H19ClN8O. The van der Waals surface area contributed by atoms with Crippen molar-refractivity contribution in [1.29, 1.82) is 0 Å². The second kappa shape index (κ2) is 7.59. The largest absolute Gasteiger partial charge is 0.392 e. The molecule has 0 unspecified atom stereocenters. The number of methoxy groups -OCH3 is 1. The van der Waals surface area contributed by atoms with Crippen LogP contribution in [-0.4, -0.2) is 44.6 Å². The molecule has 0 spiro atoms. The van der Waals surface area contributed by atoms with Crippen LogP contribution >= 0.6 is 11.6 Å². The topological polar surface area (TPSA) is 99.6 Å². The number of rotatable bonds is 7. The molecule has 0 aliphatic carbocycles. The summed E-state index contributed by atoms with van der Waals surface area (Å²) < 4.78 is 8.27. The van der Waals surface area contributed by atoms with E-state index in [1.165, 1.54) is 4.52 Å². The molecule has 3 N–H and O–H groups in total. The van der Waals surface area contributed by atoms with Crippen molar-refractivity contribution in [3.8, 4) is 0 Å². The van der Waals surface area contributed by atoms with Crippen LogP contribution in [-0.2, 0) is 17.7 Å². The van der Waals surface area contributed by atoms with Crippen molar-refractivity contribution >= 4 is 34.6 Å². The smallest absolute Gasteiger partial charge is 0.268 e. The Morgan fingerprint density at radius 1 is 1.42 bits per heavy atom. The molecular weight excluding hydrogens is 356 g/mol. The maximum Gasteiger partial charge on any atom is 0.268 e. The predicted octanol–water partition coefficient (Wildman–Crippen LogP) is 2.32. The summed E-state index contributed by atoms with van der Waals surface area (Å²) in [6, 6.07) is 1.95. The first-order chi connectivity index (χ1) is 12.5. The Bertz CT molecular complexity index is 971. The average molecular weight is 375 g/mol. The highest BCUT2D eigenvalue weighted by Crippen LogP contribution is 2.33. The Kier molecular flexibility index (Phi) is 5.25. The van der Waals surface area contributed by atoms with Crippen LogP contribution in [0.3, 0.4) is 0 Å². The van der Waals surface area contributed by atoms with Crippen LogP contribution in [0.2, 0.25) is 5.02 Å². The van der Waals surface area contributed by atoms with Gasteiger partial charge >= 0.3 is 0 Å². The first-order valence-corrected chi connectivity index (χ1v) is 8.39. The van der Waals surface area contributed by atoms with Crippen molar-refractivity contribution in [2.75, 3.05) is 31.3 Å². The predicted molar refractivity (Wildman–Crippen MR) is 99.7 cm³/mol. The Labute approximate surface area is 155 Å². The molecule has 26 heavy (non-hydrogen) atoms.